The van der Waals surface area contributed by atoms with Crippen LogP contribution >= 0.6 is 0 Å². The summed E-state index contributed by atoms with van der Waals surface area (Å²) < 4.78 is 41.3. The van der Waals surface area contributed by atoms with Crippen LogP contribution in [0, 0.1) is 16.2 Å². The first-order valence-electron chi connectivity index (χ1n) is 10.2. The lowest BCUT2D eigenvalue weighted by molar-refractivity contribution is -2.00. The molecule has 0 saturated heterocycles. The number of fused-ring (bicyclic) bond motifs is 4. The molecule has 1 aromatic heterocycles. The van der Waals surface area contributed by atoms with Crippen LogP contribution < -0.4 is 18.6 Å². The Hall–Kier alpha value is -1.97. The molecule has 0 fully saturated rings. The summed E-state index contributed by atoms with van der Waals surface area (Å²) in [5, 5.41) is 1.39. The third-order valence-corrected chi connectivity index (χ3v) is 5.82. The Morgan fingerprint density at radius 1 is 1.20 bits per heavy atom. The minimum absolute atomic E-state index is 0.0894. The maximum absolute atomic E-state index is 11.3. The first-order valence-corrected chi connectivity index (χ1v) is 11.4. The Morgan fingerprint density at radius 2 is 1.93 bits per heavy atom. The number of ether oxygens (including phenoxy) is 1. The van der Waals surface area contributed by atoms with E-state index in [-0.39, 0.29) is 5.97 Å². The average Bonchev–Trinajstić information content (AvgIpc) is 3.08. The van der Waals surface area contributed by atoms with Crippen molar-refractivity contribution in [2.45, 2.75) is 44.9 Å². The highest BCUT2D eigenvalue weighted by Gasteiger charge is 2.36. The van der Waals surface area contributed by atoms with E-state index >= 15 is 0 Å². The topological polar surface area (TPSA) is 137 Å². The molecule has 0 bridgehead atoms. The Kier molecular flexibility index (Phi) is 7.49. The van der Waals surface area contributed by atoms with Gasteiger partial charge in [-0.05, 0) is 30.9 Å². The minimum atomic E-state index is -4.94. The van der Waals surface area contributed by atoms with Crippen LogP contribution in [-0.4, -0.2) is 41.4 Å². The molecule has 1 N–H and O–H groups in total. The summed E-state index contributed by atoms with van der Waals surface area (Å²) in [6, 6.07) is 8.68. The van der Waals surface area contributed by atoms with Crippen LogP contribution in [0.15, 0.2) is 24.3 Å². The Bertz CT molecular complexity index is 912. The summed E-state index contributed by atoms with van der Waals surface area (Å²) in [7, 11) is -3.48. The second-order valence-corrected chi connectivity index (χ2v) is 8.44. The fourth-order valence-corrected chi connectivity index (χ4v) is 4.61. The first kappa shape index (κ1) is 22.7. The number of methoxy groups -OCH3 is 1. The second kappa shape index (κ2) is 9.89. The van der Waals surface area contributed by atoms with E-state index in [0.29, 0.717) is 12.3 Å². The van der Waals surface area contributed by atoms with Crippen molar-refractivity contribution in [1.82, 2.24) is 4.98 Å². The minimum Gasteiger partial charge on any atom is -0.469 e. The monoisotopic (exact) mass is 438 g/mol. The summed E-state index contributed by atoms with van der Waals surface area (Å²) in [5.74, 6) is 0.520. The summed E-state index contributed by atoms with van der Waals surface area (Å²) in [4.78, 5) is 15.0. The van der Waals surface area contributed by atoms with Gasteiger partial charge in [-0.1, -0.05) is 24.6 Å². The van der Waals surface area contributed by atoms with Gasteiger partial charge in [0, 0.05) is 36.1 Å². The molecule has 2 aliphatic heterocycles. The molecule has 3 heterocycles. The van der Waals surface area contributed by atoms with Crippen molar-refractivity contribution in [2.75, 3.05) is 20.2 Å². The van der Waals surface area contributed by atoms with Crippen molar-refractivity contribution in [3.05, 3.63) is 35.5 Å². The van der Waals surface area contributed by atoms with E-state index in [1.807, 2.05) is 0 Å². The number of nitrogens with zero attached hydrogens (tertiary/aromatic N) is 1. The molecular weight excluding hydrogens is 412 g/mol. The molecule has 0 spiro atoms. The number of aromatic amines is 1. The average molecular weight is 439 g/mol. The van der Waals surface area contributed by atoms with Crippen molar-refractivity contribution in [2.24, 2.45) is 5.92 Å². The van der Waals surface area contributed by atoms with Gasteiger partial charge in [0.1, 0.15) is 18.8 Å². The van der Waals surface area contributed by atoms with Gasteiger partial charge in [-0.15, -0.1) is 10.2 Å². The normalized spacial score (nSPS) is 18.4. The first-order chi connectivity index (χ1) is 14.3. The number of para-hydroxylation sites is 1. The number of carbonyl (C=O) groups is 1. The molecule has 1 aromatic carbocycles. The van der Waals surface area contributed by atoms with Gasteiger partial charge in [0.2, 0.25) is 5.71 Å². The van der Waals surface area contributed by atoms with Crippen molar-refractivity contribution in [1.29, 1.82) is 0 Å². The number of benzene rings is 1. The van der Waals surface area contributed by atoms with E-state index in [2.05, 4.69) is 33.8 Å². The molecule has 9 heteroatoms. The van der Waals surface area contributed by atoms with Gasteiger partial charge in [-0.25, -0.2) is 23.2 Å². The summed E-state index contributed by atoms with van der Waals surface area (Å²) >= 11 is 0. The molecule has 0 radical (unpaired) electrons. The number of halogens is 1. The fourth-order valence-electron chi connectivity index (χ4n) is 4.61. The van der Waals surface area contributed by atoms with Crippen molar-refractivity contribution >= 4 is 22.6 Å². The van der Waals surface area contributed by atoms with Crippen molar-refractivity contribution in [3.8, 4) is 0 Å². The summed E-state index contributed by atoms with van der Waals surface area (Å²) in [5.41, 5.74) is 5.67. The zero-order valence-corrected chi connectivity index (χ0v) is 17.8. The third kappa shape index (κ3) is 5.80. The van der Waals surface area contributed by atoms with Crippen LogP contribution in [-0.2, 0) is 16.0 Å². The van der Waals surface area contributed by atoms with Crippen LogP contribution in [0.4, 0.5) is 0 Å². The second-order valence-electron chi connectivity index (χ2n) is 7.69. The van der Waals surface area contributed by atoms with Crippen molar-refractivity contribution < 1.29 is 43.0 Å². The van der Waals surface area contributed by atoms with Gasteiger partial charge in [0.25, 0.3) is 0 Å². The standard InChI is InChI=1S/C21H26N2O2.ClHO4/c1-25-19(24)11-5-2-7-15-8-6-13-23-14-12-17-16-9-3-4-10-18(16)22-20(17)21(15)23;2-1(3,4)5/h3-4,9-10,15H,2,5-8,11-14H2,1H3;(H,2,3,4,5). The zero-order valence-electron chi connectivity index (χ0n) is 17.0. The van der Waals surface area contributed by atoms with E-state index in [1.165, 1.54) is 54.4 Å². The molecule has 30 heavy (non-hydrogen) atoms. The predicted octanol–water partition coefficient (Wildman–Crippen LogP) is -1.09. The van der Waals surface area contributed by atoms with Crippen LogP contribution in [0.2, 0.25) is 0 Å². The number of hydrogen-bond acceptors (Lipinski definition) is 6. The van der Waals surface area contributed by atoms with E-state index < -0.39 is 10.2 Å². The molecule has 164 valence electrons. The highest BCUT2D eigenvalue weighted by molar-refractivity contribution is 6.04. The summed E-state index contributed by atoms with van der Waals surface area (Å²) in [6.07, 6.45) is 7.40. The third-order valence-electron chi connectivity index (χ3n) is 5.82. The van der Waals surface area contributed by atoms with Crippen LogP contribution in [0.1, 0.15) is 49.8 Å². The number of aromatic nitrogens is 1. The lowest BCUT2D eigenvalue weighted by atomic mass is 9.84. The van der Waals surface area contributed by atoms with Gasteiger partial charge in [-0.3, -0.25) is 4.79 Å². The maximum atomic E-state index is 11.3. The molecule has 1 unspecified atom stereocenters. The molecule has 8 nitrogen and oxygen atoms in total. The van der Waals surface area contributed by atoms with E-state index in [4.69, 9.17) is 23.4 Å². The number of hydrogen-bond donors (Lipinski definition) is 1. The molecule has 4 rings (SSSR count). The molecule has 0 amide bonds. The SMILES string of the molecule is COC(=O)CCCCC1CCC[N+]2=C1c1[nH]c3ccccc3c1CC2.[O-][Cl+3]([O-])([O-])[O-]. The predicted molar refractivity (Wildman–Crippen MR) is 99.3 cm³/mol. The molecule has 2 aromatic rings. The molecule has 2 aliphatic rings. The van der Waals surface area contributed by atoms with Gasteiger partial charge < -0.3 is 9.72 Å². The molecule has 1 atom stereocenters. The largest absolute Gasteiger partial charge is 0.469 e. The fraction of sp³-hybridized carbons (Fsp3) is 0.524. The van der Waals surface area contributed by atoms with E-state index in [1.54, 1.807) is 0 Å². The number of nitrogens with one attached hydrogen (secondary N) is 1. The van der Waals surface area contributed by atoms with Crippen LogP contribution in [0.25, 0.3) is 10.9 Å². The van der Waals surface area contributed by atoms with E-state index in [9.17, 15) is 4.79 Å². The Labute approximate surface area is 177 Å². The van der Waals surface area contributed by atoms with Gasteiger partial charge >= 0.3 is 5.97 Å². The van der Waals surface area contributed by atoms with Crippen LogP contribution in [0.5, 0.6) is 0 Å². The zero-order chi connectivity index (χ0) is 21.7. The number of rotatable bonds is 5. The van der Waals surface area contributed by atoms with E-state index in [0.717, 1.165) is 32.2 Å². The molecular formula is C21H27ClN2O6. The quantitative estimate of drug-likeness (QED) is 0.358. The number of unbranched alkanes of at least 4 members (excludes halogenated alkanes) is 1. The molecule has 0 aliphatic carbocycles. The van der Waals surface area contributed by atoms with Crippen LogP contribution in [0.3, 0.4) is 0 Å². The summed E-state index contributed by atoms with van der Waals surface area (Å²) in [6.45, 7) is 2.33. The maximum Gasteiger partial charge on any atom is 0.305 e. The number of H-pyrrole nitrogens is 1. The number of esters is 1. The molecule has 0 saturated carbocycles. The Morgan fingerprint density at radius 3 is 2.67 bits per heavy atom. The number of carbonyl (C=O) groups excluding carboxylic acids is 1. The highest BCUT2D eigenvalue weighted by Crippen LogP contribution is 2.32. The lowest BCUT2D eigenvalue weighted by Crippen LogP contribution is -2.68. The van der Waals surface area contributed by atoms with Gasteiger partial charge in [0.05, 0.1) is 7.11 Å². The highest BCUT2D eigenvalue weighted by atomic mass is 35.7. The smallest absolute Gasteiger partial charge is 0.305 e. The Balaban J connectivity index is 0.000000461. The van der Waals surface area contributed by atoms with Gasteiger partial charge in [-0.2, -0.15) is 0 Å². The lowest BCUT2D eigenvalue weighted by Gasteiger charge is -2.26. The van der Waals surface area contributed by atoms with Crippen molar-refractivity contribution in [3.63, 3.8) is 0 Å². The van der Waals surface area contributed by atoms with Gasteiger partial charge in [0.15, 0.2) is 0 Å².